The fourth-order valence-corrected chi connectivity index (χ4v) is 1.93. The van der Waals surface area contributed by atoms with Crippen LogP contribution in [0.5, 0.6) is 0 Å². The Labute approximate surface area is 117 Å². The van der Waals surface area contributed by atoms with E-state index >= 15 is 0 Å². The van der Waals surface area contributed by atoms with Gasteiger partial charge in [-0.05, 0) is 24.6 Å². The Hall–Kier alpha value is -2.27. The molecule has 5 heteroatoms. The van der Waals surface area contributed by atoms with E-state index in [0.29, 0.717) is 12.3 Å². The molecule has 1 aromatic carbocycles. The third kappa shape index (κ3) is 3.19. The quantitative estimate of drug-likeness (QED) is 0.358. The molecule has 0 aromatic heterocycles. The van der Waals surface area contributed by atoms with Crippen LogP contribution in [0.4, 0.5) is 0 Å². The maximum Gasteiger partial charge on any atom is 0.348 e. The Balaban J connectivity index is 2.08. The first-order valence-corrected chi connectivity index (χ1v) is 6.43. The molecule has 5 nitrogen and oxygen atoms in total. The molecule has 0 radical (unpaired) electrons. The number of rotatable bonds is 5. The summed E-state index contributed by atoms with van der Waals surface area (Å²) in [5.41, 5.74) is 0.240. The second-order valence-electron chi connectivity index (χ2n) is 4.37. The number of nitrogens with zero attached hydrogens (tertiary/aromatic N) is 2. The van der Waals surface area contributed by atoms with Gasteiger partial charge in [0.2, 0.25) is 0 Å². The minimum absolute atomic E-state index is 0.186. The van der Waals surface area contributed by atoms with Crippen molar-refractivity contribution in [3.05, 3.63) is 69.9 Å². The molecule has 0 N–H and O–H groups in total. The fourth-order valence-electron chi connectivity index (χ4n) is 1.93. The van der Waals surface area contributed by atoms with Crippen LogP contribution < -0.4 is 0 Å². The van der Waals surface area contributed by atoms with E-state index in [4.69, 9.17) is 4.74 Å². The van der Waals surface area contributed by atoms with E-state index in [0.717, 1.165) is 5.56 Å². The van der Waals surface area contributed by atoms with Gasteiger partial charge in [-0.15, -0.1) is 0 Å². The third-order valence-electron chi connectivity index (χ3n) is 2.98. The summed E-state index contributed by atoms with van der Waals surface area (Å²) in [5.74, 6) is 0. The number of allylic oxidation sites excluding steroid dienone is 1. The monoisotopic (exact) mass is 272 g/mol. The molecule has 1 aromatic rings. The zero-order valence-electron chi connectivity index (χ0n) is 11.2. The summed E-state index contributed by atoms with van der Waals surface area (Å²) >= 11 is 0. The van der Waals surface area contributed by atoms with Crippen LogP contribution in [0.25, 0.3) is 0 Å². The van der Waals surface area contributed by atoms with Crippen molar-refractivity contribution in [3.63, 3.8) is 0 Å². The highest BCUT2D eigenvalue weighted by Gasteiger charge is 2.41. The number of ether oxygens (including phenoxy) is 1. The minimum Gasteiger partial charge on any atom is -0.311 e. The second kappa shape index (κ2) is 6.25. The SMILES string of the molecule is CCOC1([N+](=O)[O-])C=CC(N=Cc2ccccc2)=CC1. The smallest absolute Gasteiger partial charge is 0.311 e. The predicted octanol–water partition coefficient (Wildman–Crippen LogP) is 2.96. The molecule has 0 bridgehead atoms. The van der Waals surface area contributed by atoms with Gasteiger partial charge in [0, 0.05) is 12.3 Å². The van der Waals surface area contributed by atoms with Crippen LogP contribution in [0.2, 0.25) is 0 Å². The predicted molar refractivity (Wildman–Crippen MR) is 77.2 cm³/mol. The lowest BCUT2D eigenvalue weighted by molar-refractivity contribution is -0.612. The van der Waals surface area contributed by atoms with E-state index in [1.54, 1.807) is 25.3 Å². The lowest BCUT2D eigenvalue weighted by atomic mass is 10.0. The van der Waals surface area contributed by atoms with Gasteiger partial charge in [-0.25, -0.2) is 0 Å². The van der Waals surface area contributed by atoms with Gasteiger partial charge in [-0.1, -0.05) is 30.3 Å². The Bertz CT molecular complexity index is 564. The van der Waals surface area contributed by atoms with Crippen LogP contribution in [0, 0.1) is 10.1 Å². The maximum absolute atomic E-state index is 11.1. The first-order valence-electron chi connectivity index (χ1n) is 6.43. The van der Waals surface area contributed by atoms with Crippen molar-refractivity contribution in [2.45, 2.75) is 19.1 Å². The number of benzene rings is 1. The van der Waals surface area contributed by atoms with Crippen LogP contribution in [-0.4, -0.2) is 23.5 Å². The molecule has 0 aliphatic heterocycles. The molecule has 0 saturated carbocycles. The average molecular weight is 272 g/mol. The molecular weight excluding hydrogens is 256 g/mol. The van der Waals surface area contributed by atoms with E-state index in [1.165, 1.54) is 6.08 Å². The van der Waals surface area contributed by atoms with Gasteiger partial charge in [-0.3, -0.25) is 15.1 Å². The molecule has 0 spiro atoms. The summed E-state index contributed by atoms with van der Waals surface area (Å²) in [5, 5.41) is 11.1. The van der Waals surface area contributed by atoms with Gasteiger partial charge in [0.25, 0.3) is 0 Å². The number of nitro groups is 1. The largest absolute Gasteiger partial charge is 0.348 e. The van der Waals surface area contributed by atoms with E-state index in [9.17, 15) is 10.1 Å². The maximum atomic E-state index is 11.1. The van der Waals surface area contributed by atoms with E-state index in [-0.39, 0.29) is 6.42 Å². The van der Waals surface area contributed by atoms with Gasteiger partial charge >= 0.3 is 5.72 Å². The average Bonchev–Trinajstić information content (AvgIpc) is 2.48. The van der Waals surface area contributed by atoms with Crippen molar-refractivity contribution in [2.75, 3.05) is 6.61 Å². The van der Waals surface area contributed by atoms with Crippen molar-refractivity contribution in [2.24, 2.45) is 4.99 Å². The zero-order chi connectivity index (χ0) is 14.4. The van der Waals surface area contributed by atoms with Crippen LogP contribution in [0.15, 0.2) is 59.2 Å². The first kappa shape index (κ1) is 14.1. The van der Waals surface area contributed by atoms with Gasteiger partial charge in [0.15, 0.2) is 0 Å². The molecule has 1 atom stereocenters. The molecule has 1 aliphatic carbocycles. The summed E-state index contributed by atoms with van der Waals surface area (Å²) in [7, 11) is 0. The molecule has 0 fully saturated rings. The molecule has 0 saturated heterocycles. The van der Waals surface area contributed by atoms with Crippen molar-refractivity contribution in [1.29, 1.82) is 0 Å². The van der Waals surface area contributed by atoms with E-state index in [1.807, 2.05) is 30.3 Å². The van der Waals surface area contributed by atoms with E-state index in [2.05, 4.69) is 4.99 Å². The Morgan fingerprint density at radius 1 is 1.45 bits per heavy atom. The van der Waals surface area contributed by atoms with Gasteiger partial charge in [0.1, 0.15) is 0 Å². The van der Waals surface area contributed by atoms with Gasteiger partial charge in [-0.2, -0.15) is 0 Å². The summed E-state index contributed by atoms with van der Waals surface area (Å²) in [6.45, 7) is 2.04. The second-order valence-corrected chi connectivity index (χ2v) is 4.37. The summed E-state index contributed by atoms with van der Waals surface area (Å²) in [4.78, 5) is 15.0. The standard InChI is InChI=1S/C15H16N2O3/c1-2-20-15(17(18)19)10-8-14(9-11-15)16-12-13-6-4-3-5-7-13/h3-10,12H,2,11H2,1H3. The minimum atomic E-state index is -1.44. The van der Waals surface area contributed by atoms with Crippen molar-refractivity contribution < 1.29 is 9.66 Å². The van der Waals surface area contributed by atoms with Gasteiger partial charge in [0.05, 0.1) is 23.6 Å². The van der Waals surface area contributed by atoms with Crippen LogP contribution >= 0.6 is 0 Å². The zero-order valence-corrected chi connectivity index (χ0v) is 11.2. The number of hydrogen-bond donors (Lipinski definition) is 0. The molecule has 104 valence electrons. The fraction of sp³-hybridized carbons (Fsp3) is 0.267. The molecular formula is C15H16N2O3. The summed E-state index contributed by atoms with van der Waals surface area (Å²) in [6, 6.07) is 9.68. The van der Waals surface area contributed by atoms with Crippen LogP contribution in [0.1, 0.15) is 18.9 Å². The van der Waals surface area contributed by atoms with E-state index < -0.39 is 10.6 Å². The topological polar surface area (TPSA) is 64.7 Å². The number of hydrogen-bond acceptors (Lipinski definition) is 4. The normalized spacial score (nSPS) is 21.9. The lowest BCUT2D eigenvalue weighted by Gasteiger charge is -2.22. The third-order valence-corrected chi connectivity index (χ3v) is 2.98. The molecule has 0 amide bonds. The van der Waals surface area contributed by atoms with Gasteiger partial charge < -0.3 is 4.74 Å². The first-order chi connectivity index (χ1) is 9.66. The lowest BCUT2D eigenvalue weighted by Crippen LogP contribution is -2.39. The number of aliphatic imine (C=N–C) groups is 1. The highest BCUT2D eigenvalue weighted by Crippen LogP contribution is 2.26. The molecule has 1 aliphatic rings. The Kier molecular flexibility index (Phi) is 4.42. The molecule has 1 unspecified atom stereocenters. The summed E-state index contributed by atoms with van der Waals surface area (Å²) in [6.07, 6.45) is 6.73. The molecule has 0 heterocycles. The Morgan fingerprint density at radius 3 is 2.75 bits per heavy atom. The van der Waals surface area contributed by atoms with Crippen LogP contribution in [0.3, 0.4) is 0 Å². The summed E-state index contributed by atoms with van der Waals surface area (Å²) < 4.78 is 5.26. The van der Waals surface area contributed by atoms with Crippen LogP contribution in [-0.2, 0) is 4.74 Å². The van der Waals surface area contributed by atoms with Crippen molar-refractivity contribution in [3.8, 4) is 0 Å². The van der Waals surface area contributed by atoms with Crippen molar-refractivity contribution >= 4 is 6.21 Å². The Morgan fingerprint density at radius 2 is 2.20 bits per heavy atom. The highest BCUT2D eigenvalue weighted by molar-refractivity contribution is 5.80. The molecule has 20 heavy (non-hydrogen) atoms. The highest BCUT2D eigenvalue weighted by atomic mass is 16.7. The molecule has 2 rings (SSSR count). The van der Waals surface area contributed by atoms with Crippen molar-refractivity contribution in [1.82, 2.24) is 0 Å².